The summed E-state index contributed by atoms with van der Waals surface area (Å²) in [6.45, 7) is 6.49. The lowest BCUT2D eigenvalue weighted by molar-refractivity contribution is -0.125. The fourth-order valence-electron chi connectivity index (χ4n) is 2.61. The molecule has 1 aromatic rings. The summed E-state index contributed by atoms with van der Waals surface area (Å²) in [5, 5.41) is 6.85. The Morgan fingerprint density at radius 3 is 2.42 bits per heavy atom. The Hall–Kier alpha value is -1.45. The highest BCUT2D eigenvalue weighted by molar-refractivity contribution is 7.89. The third kappa shape index (κ3) is 4.14. The zero-order chi connectivity index (χ0) is 18.1. The van der Waals surface area contributed by atoms with E-state index < -0.39 is 16.1 Å². The molecule has 2 heterocycles. The molecule has 1 amide bonds. The molecule has 0 spiro atoms. The number of nitrogens with one attached hydrogen (secondary N) is 1. The zero-order valence-corrected chi connectivity index (χ0v) is 15.5. The topological polar surface area (TPSA) is 110 Å². The smallest absolute Gasteiger partial charge is 0.246 e. The van der Waals surface area contributed by atoms with Crippen molar-refractivity contribution < 1.29 is 13.2 Å². The van der Waals surface area contributed by atoms with Gasteiger partial charge in [-0.15, -0.1) is 0 Å². The van der Waals surface area contributed by atoms with E-state index >= 15 is 0 Å². The normalized spacial score (nSPS) is 19.2. The van der Waals surface area contributed by atoms with Gasteiger partial charge in [0.2, 0.25) is 15.9 Å². The van der Waals surface area contributed by atoms with E-state index in [0.717, 1.165) is 0 Å². The second-order valence-electron chi connectivity index (χ2n) is 7.38. The highest BCUT2D eigenvalue weighted by atomic mass is 32.2. The maximum atomic E-state index is 12.5. The number of hydrogen-bond acceptors (Lipinski definition) is 5. The van der Waals surface area contributed by atoms with Crippen LogP contribution in [0, 0.1) is 5.41 Å². The predicted molar refractivity (Wildman–Crippen MR) is 90.6 cm³/mol. The number of sulfonamides is 1. The Balaban J connectivity index is 1.93. The lowest BCUT2D eigenvalue weighted by Gasteiger charge is -2.33. The highest BCUT2D eigenvalue weighted by Crippen LogP contribution is 2.21. The molecule has 0 saturated carbocycles. The molecule has 24 heavy (non-hydrogen) atoms. The van der Waals surface area contributed by atoms with Crippen molar-refractivity contribution in [2.45, 2.75) is 50.6 Å². The number of carbonyl (C=O) groups excluding carboxylic acids is 1. The van der Waals surface area contributed by atoms with Crippen LogP contribution in [-0.4, -0.2) is 53.6 Å². The van der Waals surface area contributed by atoms with Crippen LogP contribution in [0.25, 0.3) is 0 Å². The van der Waals surface area contributed by atoms with Crippen molar-refractivity contribution in [3.63, 3.8) is 0 Å². The van der Waals surface area contributed by atoms with Gasteiger partial charge in [-0.2, -0.15) is 9.40 Å². The molecule has 136 valence electrons. The van der Waals surface area contributed by atoms with Crippen LogP contribution in [0.3, 0.4) is 0 Å². The maximum absolute atomic E-state index is 12.5. The summed E-state index contributed by atoms with van der Waals surface area (Å²) in [6.07, 6.45) is 3.99. The van der Waals surface area contributed by atoms with E-state index in [2.05, 4.69) is 10.4 Å². The van der Waals surface area contributed by atoms with Crippen LogP contribution < -0.4 is 11.1 Å². The first-order chi connectivity index (χ1) is 11.0. The first kappa shape index (κ1) is 18.9. The number of nitrogens with two attached hydrogens (primary N) is 1. The lowest BCUT2D eigenvalue weighted by atomic mass is 9.86. The second-order valence-corrected chi connectivity index (χ2v) is 9.32. The number of carbonyl (C=O) groups is 1. The van der Waals surface area contributed by atoms with Gasteiger partial charge in [0.25, 0.3) is 0 Å². The van der Waals surface area contributed by atoms with Crippen molar-refractivity contribution in [3.8, 4) is 0 Å². The maximum Gasteiger partial charge on any atom is 0.246 e. The van der Waals surface area contributed by atoms with E-state index in [9.17, 15) is 13.2 Å². The van der Waals surface area contributed by atoms with E-state index in [1.54, 1.807) is 7.05 Å². The van der Waals surface area contributed by atoms with E-state index in [-0.39, 0.29) is 22.3 Å². The van der Waals surface area contributed by atoms with Crippen molar-refractivity contribution in [2.24, 2.45) is 18.2 Å². The monoisotopic (exact) mass is 357 g/mol. The van der Waals surface area contributed by atoms with Gasteiger partial charge in [0, 0.05) is 32.4 Å². The fraction of sp³-hybridized carbons (Fsp3) is 0.733. The average Bonchev–Trinajstić information content (AvgIpc) is 2.93. The minimum Gasteiger partial charge on any atom is -0.352 e. The van der Waals surface area contributed by atoms with Crippen LogP contribution in [-0.2, 0) is 21.9 Å². The third-order valence-electron chi connectivity index (χ3n) is 4.33. The first-order valence-electron chi connectivity index (χ1n) is 8.06. The van der Waals surface area contributed by atoms with Crippen LogP contribution in [0.4, 0.5) is 0 Å². The summed E-state index contributed by atoms with van der Waals surface area (Å²) >= 11 is 0. The van der Waals surface area contributed by atoms with Crippen molar-refractivity contribution in [2.75, 3.05) is 13.1 Å². The van der Waals surface area contributed by atoms with Gasteiger partial charge in [0.05, 0.1) is 12.2 Å². The largest absolute Gasteiger partial charge is 0.352 e. The predicted octanol–water partition coefficient (Wildman–Crippen LogP) is 0.0628. The lowest BCUT2D eigenvalue weighted by Crippen LogP contribution is -2.53. The second kappa shape index (κ2) is 6.81. The van der Waals surface area contributed by atoms with Gasteiger partial charge in [-0.05, 0) is 18.3 Å². The van der Waals surface area contributed by atoms with Crippen LogP contribution >= 0.6 is 0 Å². The fourth-order valence-corrected chi connectivity index (χ4v) is 4.06. The van der Waals surface area contributed by atoms with Crippen molar-refractivity contribution in [1.29, 1.82) is 0 Å². The molecule has 0 unspecified atom stereocenters. The van der Waals surface area contributed by atoms with E-state index in [1.165, 1.54) is 21.4 Å². The quantitative estimate of drug-likeness (QED) is 0.792. The van der Waals surface area contributed by atoms with Gasteiger partial charge in [-0.3, -0.25) is 9.48 Å². The Kier molecular flexibility index (Phi) is 5.36. The third-order valence-corrected chi connectivity index (χ3v) is 6.19. The van der Waals surface area contributed by atoms with Gasteiger partial charge in [0.1, 0.15) is 4.90 Å². The molecule has 3 N–H and O–H groups in total. The molecule has 1 aromatic heterocycles. The molecule has 1 saturated heterocycles. The number of aryl methyl sites for hydroxylation is 1. The summed E-state index contributed by atoms with van der Waals surface area (Å²) in [7, 11) is -1.84. The SMILES string of the molecule is Cn1cc(S(=O)(=O)N2CCC(NC(=O)[C@@H](N)C(C)(C)C)CC2)cn1. The van der Waals surface area contributed by atoms with Gasteiger partial charge in [-0.1, -0.05) is 20.8 Å². The summed E-state index contributed by atoms with van der Waals surface area (Å²) < 4.78 is 28.0. The number of hydrogen-bond donors (Lipinski definition) is 2. The molecule has 1 aliphatic heterocycles. The number of piperidine rings is 1. The van der Waals surface area contributed by atoms with Crippen molar-refractivity contribution in [3.05, 3.63) is 12.4 Å². The first-order valence-corrected chi connectivity index (χ1v) is 9.50. The number of rotatable bonds is 4. The number of aromatic nitrogens is 2. The summed E-state index contributed by atoms with van der Waals surface area (Å²) in [6, 6.07) is -0.638. The molecule has 1 fully saturated rings. The molecule has 0 bridgehead atoms. The van der Waals surface area contributed by atoms with Gasteiger partial charge >= 0.3 is 0 Å². The molecule has 9 heteroatoms. The molecule has 0 aliphatic carbocycles. The summed E-state index contributed by atoms with van der Waals surface area (Å²) in [5.41, 5.74) is 5.65. The Morgan fingerprint density at radius 1 is 1.38 bits per heavy atom. The minimum absolute atomic E-state index is 0.0498. The van der Waals surface area contributed by atoms with Crippen LogP contribution in [0.1, 0.15) is 33.6 Å². The molecule has 1 aliphatic rings. The number of amides is 1. The molecule has 0 aromatic carbocycles. The average molecular weight is 357 g/mol. The summed E-state index contributed by atoms with van der Waals surface area (Å²) in [4.78, 5) is 12.4. The Bertz CT molecular complexity index is 684. The highest BCUT2D eigenvalue weighted by Gasteiger charge is 2.33. The molecular weight excluding hydrogens is 330 g/mol. The molecular formula is C15H27N5O3S. The number of nitrogens with zero attached hydrogens (tertiary/aromatic N) is 3. The van der Waals surface area contributed by atoms with E-state index in [0.29, 0.717) is 25.9 Å². The van der Waals surface area contributed by atoms with Crippen molar-refractivity contribution >= 4 is 15.9 Å². The van der Waals surface area contributed by atoms with Crippen LogP contribution in [0.5, 0.6) is 0 Å². The van der Waals surface area contributed by atoms with Crippen LogP contribution in [0.15, 0.2) is 17.3 Å². The summed E-state index contributed by atoms with van der Waals surface area (Å²) in [5.74, 6) is -0.184. The van der Waals surface area contributed by atoms with Crippen LogP contribution in [0.2, 0.25) is 0 Å². The Morgan fingerprint density at radius 2 is 1.96 bits per heavy atom. The van der Waals surface area contributed by atoms with E-state index in [4.69, 9.17) is 5.73 Å². The minimum atomic E-state index is -3.52. The molecule has 2 rings (SSSR count). The molecule has 0 radical (unpaired) electrons. The van der Waals surface area contributed by atoms with Gasteiger partial charge < -0.3 is 11.1 Å². The van der Waals surface area contributed by atoms with Gasteiger partial charge in [0.15, 0.2) is 0 Å². The van der Waals surface area contributed by atoms with Gasteiger partial charge in [-0.25, -0.2) is 8.42 Å². The Labute approximate surface area is 143 Å². The van der Waals surface area contributed by atoms with E-state index in [1.807, 2.05) is 20.8 Å². The molecule has 8 nitrogen and oxygen atoms in total. The zero-order valence-electron chi connectivity index (χ0n) is 14.7. The van der Waals surface area contributed by atoms with Crippen molar-refractivity contribution in [1.82, 2.24) is 19.4 Å². The molecule has 1 atom stereocenters. The standard InChI is InChI=1S/C15H27N5O3S/c1-15(2,3)13(16)14(21)18-11-5-7-20(8-6-11)24(22,23)12-9-17-19(4)10-12/h9-11,13H,5-8,16H2,1-4H3,(H,18,21)/t13-/m1/s1.